The lowest BCUT2D eigenvalue weighted by atomic mass is 9.69. The van der Waals surface area contributed by atoms with Crippen LogP contribution in [0.4, 0.5) is 5.69 Å². The minimum atomic E-state index is -0.596. The number of benzene rings is 1. The quantitative estimate of drug-likeness (QED) is 0.702. The predicted octanol–water partition coefficient (Wildman–Crippen LogP) is 4.81. The molecule has 5 heteroatoms. The molecule has 1 aliphatic carbocycles. The molecule has 0 aromatic heterocycles. The molecule has 1 aliphatic rings. The number of carbonyl (C=O) groups excluding carboxylic acids is 2. The van der Waals surface area contributed by atoms with Crippen molar-refractivity contribution < 1.29 is 9.59 Å². The van der Waals surface area contributed by atoms with Crippen LogP contribution in [0.15, 0.2) is 22.7 Å². The summed E-state index contributed by atoms with van der Waals surface area (Å²) in [5.74, 6) is -0.438. The van der Waals surface area contributed by atoms with Crippen LogP contribution in [-0.2, 0) is 9.59 Å². The summed E-state index contributed by atoms with van der Waals surface area (Å²) in [7, 11) is 0. The van der Waals surface area contributed by atoms with Gasteiger partial charge in [-0.05, 0) is 67.7 Å². The molecule has 0 radical (unpaired) electrons. The van der Waals surface area contributed by atoms with E-state index in [9.17, 15) is 9.59 Å². The van der Waals surface area contributed by atoms with Crippen molar-refractivity contribution in [3.63, 3.8) is 0 Å². The highest BCUT2D eigenvalue weighted by molar-refractivity contribution is 9.10. The SMILES string of the molecule is CCC(C)(C)C1CCC(NC(=O)C(=O)Nc2ccc(Br)cc2C)CC1. The van der Waals surface area contributed by atoms with E-state index in [1.54, 1.807) is 6.07 Å². The fourth-order valence-corrected chi connectivity index (χ4v) is 3.98. The summed E-state index contributed by atoms with van der Waals surface area (Å²) in [6.45, 7) is 8.78. The molecule has 1 saturated carbocycles. The Hall–Kier alpha value is -1.36. The van der Waals surface area contributed by atoms with Crippen molar-refractivity contribution in [2.75, 3.05) is 5.32 Å². The van der Waals surface area contributed by atoms with Crippen LogP contribution >= 0.6 is 15.9 Å². The fraction of sp³-hybridized carbons (Fsp3) is 0.600. The summed E-state index contributed by atoms with van der Waals surface area (Å²) in [4.78, 5) is 24.4. The molecule has 1 fully saturated rings. The van der Waals surface area contributed by atoms with Crippen LogP contribution in [0.2, 0.25) is 0 Å². The van der Waals surface area contributed by atoms with Gasteiger partial charge in [0.05, 0.1) is 0 Å². The van der Waals surface area contributed by atoms with E-state index in [0.29, 0.717) is 17.0 Å². The van der Waals surface area contributed by atoms with Crippen molar-refractivity contribution >= 4 is 33.4 Å². The number of carbonyl (C=O) groups is 2. The maximum Gasteiger partial charge on any atom is 0.313 e. The lowest BCUT2D eigenvalue weighted by Crippen LogP contribution is -2.44. The maximum absolute atomic E-state index is 12.2. The molecule has 2 N–H and O–H groups in total. The molecule has 0 heterocycles. The molecular weight excluding hydrogens is 380 g/mol. The van der Waals surface area contributed by atoms with Gasteiger partial charge in [-0.3, -0.25) is 9.59 Å². The largest absolute Gasteiger partial charge is 0.345 e. The normalized spacial score (nSPS) is 20.8. The van der Waals surface area contributed by atoms with Crippen molar-refractivity contribution in [1.29, 1.82) is 0 Å². The molecule has 0 spiro atoms. The fourth-order valence-electron chi connectivity index (χ4n) is 3.51. The molecule has 0 saturated heterocycles. The van der Waals surface area contributed by atoms with E-state index in [2.05, 4.69) is 47.3 Å². The number of nitrogens with one attached hydrogen (secondary N) is 2. The van der Waals surface area contributed by atoms with Gasteiger partial charge in [0.15, 0.2) is 0 Å². The zero-order chi connectivity index (χ0) is 18.6. The third-order valence-electron chi connectivity index (χ3n) is 5.72. The lowest BCUT2D eigenvalue weighted by Gasteiger charge is -2.39. The molecule has 1 aromatic rings. The molecular formula is C20H29BrN2O2. The number of hydrogen-bond acceptors (Lipinski definition) is 2. The Bertz CT molecular complexity index is 635. The average molecular weight is 409 g/mol. The molecule has 1 aromatic carbocycles. The van der Waals surface area contributed by atoms with Gasteiger partial charge >= 0.3 is 11.8 Å². The molecule has 138 valence electrons. The smallest absolute Gasteiger partial charge is 0.313 e. The van der Waals surface area contributed by atoms with Gasteiger partial charge in [0.25, 0.3) is 0 Å². The molecule has 0 unspecified atom stereocenters. The third kappa shape index (κ3) is 5.30. The Morgan fingerprint density at radius 1 is 1.16 bits per heavy atom. The Kier molecular flexibility index (Phi) is 6.66. The Labute approximate surface area is 159 Å². The van der Waals surface area contributed by atoms with Crippen molar-refractivity contribution in [3.05, 3.63) is 28.2 Å². The monoisotopic (exact) mass is 408 g/mol. The Morgan fingerprint density at radius 2 is 1.80 bits per heavy atom. The van der Waals surface area contributed by atoms with Gasteiger partial charge in [-0.2, -0.15) is 0 Å². The van der Waals surface area contributed by atoms with Crippen LogP contribution in [0.5, 0.6) is 0 Å². The zero-order valence-corrected chi connectivity index (χ0v) is 17.2. The molecule has 0 atom stereocenters. The topological polar surface area (TPSA) is 58.2 Å². The van der Waals surface area contributed by atoms with Crippen LogP contribution in [0.25, 0.3) is 0 Å². The van der Waals surface area contributed by atoms with E-state index in [0.717, 1.165) is 35.7 Å². The van der Waals surface area contributed by atoms with E-state index in [1.807, 2.05) is 19.1 Å². The van der Waals surface area contributed by atoms with Crippen LogP contribution in [0.1, 0.15) is 58.4 Å². The molecule has 25 heavy (non-hydrogen) atoms. The second kappa shape index (κ2) is 8.35. The molecule has 0 aliphatic heterocycles. The van der Waals surface area contributed by atoms with Crippen LogP contribution < -0.4 is 10.6 Å². The highest BCUT2D eigenvalue weighted by atomic mass is 79.9. The average Bonchev–Trinajstić information content (AvgIpc) is 2.57. The van der Waals surface area contributed by atoms with Gasteiger partial charge in [-0.15, -0.1) is 0 Å². The van der Waals surface area contributed by atoms with Gasteiger partial charge in [0.2, 0.25) is 0 Å². The minimum absolute atomic E-state index is 0.105. The first-order chi connectivity index (χ1) is 11.7. The standard InChI is InChI=1S/C20H29BrN2O2/c1-5-20(3,4)14-6-9-16(10-7-14)22-18(24)19(25)23-17-11-8-15(21)12-13(17)2/h8,11-12,14,16H,5-7,9-10H2,1-4H3,(H,22,24)(H,23,25). The predicted molar refractivity (Wildman–Crippen MR) is 105 cm³/mol. The van der Waals surface area contributed by atoms with E-state index >= 15 is 0 Å². The van der Waals surface area contributed by atoms with Crippen LogP contribution in [0.3, 0.4) is 0 Å². The van der Waals surface area contributed by atoms with Crippen molar-refractivity contribution in [2.45, 2.75) is 65.8 Å². The number of aryl methyl sites for hydroxylation is 1. The third-order valence-corrected chi connectivity index (χ3v) is 6.21. The Balaban J connectivity index is 1.85. The molecule has 4 nitrogen and oxygen atoms in total. The van der Waals surface area contributed by atoms with Crippen LogP contribution in [0, 0.1) is 18.3 Å². The zero-order valence-electron chi connectivity index (χ0n) is 15.6. The van der Waals surface area contributed by atoms with E-state index in [1.165, 1.54) is 6.42 Å². The lowest BCUT2D eigenvalue weighted by molar-refractivity contribution is -0.136. The number of halogens is 1. The summed E-state index contributed by atoms with van der Waals surface area (Å²) in [6.07, 6.45) is 5.29. The molecule has 2 rings (SSSR count). The van der Waals surface area contributed by atoms with Gasteiger partial charge in [-0.1, -0.05) is 43.1 Å². The van der Waals surface area contributed by atoms with Crippen molar-refractivity contribution in [2.24, 2.45) is 11.3 Å². The van der Waals surface area contributed by atoms with Gasteiger partial charge in [-0.25, -0.2) is 0 Å². The summed E-state index contributed by atoms with van der Waals surface area (Å²) < 4.78 is 0.944. The second-order valence-electron chi connectivity index (χ2n) is 7.78. The van der Waals surface area contributed by atoms with E-state index in [-0.39, 0.29) is 6.04 Å². The van der Waals surface area contributed by atoms with Crippen LogP contribution in [-0.4, -0.2) is 17.9 Å². The first-order valence-corrected chi connectivity index (χ1v) is 9.90. The van der Waals surface area contributed by atoms with E-state index < -0.39 is 11.8 Å². The molecule has 2 amide bonds. The number of anilines is 1. The Morgan fingerprint density at radius 3 is 2.36 bits per heavy atom. The maximum atomic E-state index is 12.2. The summed E-state index contributed by atoms with van der Waals surface area (Å²) in [5, 5.41) is 5.60. The highest BCUT2D eigenvalue weighted by Gasteiger charge is 2.32. The first kappa shape index (κ1) is 20.0. The summed E-state index contributed by atoms with van der Waals surface area (Å²) in [5.41, 5.74) is 1.93. The summed E-state index contributed by atoms with van der Waals surface area (Å²) in [6, 6.07) is 5.65. The minimum Gasteiger partial charge on any atom is -0.345 e. The van der Waals surface area contributed by atoms with Crippen molar-refractivity contribution in [3.8, 4) is 0 Å². The number of rotatable bonds is 4. The number of hydrogen-bond donors (Lipinski definition) is 2. The van der Waals surface area contributed by atoms with E-state index in [4.69, 9.17) is 0 Å². The molecule has 0 bridgehead atoms. The van der Waals surface area contributed by atoms with Gasteiger partial charge in [0.1, 0.15) is 0 Å². The number of amides is 2. The highest BCUT2D eigenvalue weighted by Crippen LogP contribution is 2.40. The van der Waals surface area contributed by atoms with Gasteiger partial charge < -0.3 is 10.6 Å². The first-order valence-electron chi connectivity index (χ1n) is 9.11. The summed E-state index contributed by atoms with van der Waals surface area (Å²) >= 11 is 3.39. The van der Waals surface area contributed by atoms with Crippen molar-refractivity contribution in [1.82, 2.24) is 5.32 Å². The second-order valence-corrected chi connectivity index (χ2v) is 8.69. The van der Waals surface area contributed by atoms with Gasteiger partial charge in [0, 0.05) is 16.2 Å².